The third-order valence-corrected chi connectivity index (χ3v) is 3.24. The number of fused-ring (bicyclic) bond motifs is 1. The molecule has 0 bridgehead atoms. The molecule has 0 saturated carbocycles. The fraction of sp³-hybridized carbons (Fsp3) is 0.214. The molecule has 3 aromatic heterocycles. The highest BCUT2D eigenvalue weighted by molar-refractivity contribution is 5.78. The molecule has 23 heavy (non-hydrogen) atoms. The highest BCUT2D eigenvalue weighted by atomic mass is 19.4. The first-order valence-corrected chi connectivity index (χ1v) is 6.60. The lowest BCUT2D eigenvalue weighted by atomic mass is 10.2. The number of nitrogens with zero attached hydrogens (tertiary/aromatic N) is 6. The van der Waals surface area contributed by atoms with Crippen molar-refractivity contribution in [2.75, 3.05) is 0 Å². The second-order valence-electron chi connectivity index (χ2n) is 4.61. The zero-order valence-electron chi connectivity index (χ0n) is 11.8. The summed E-state index contributed by atoms with van der Waals surface area (Å²) in [4.78, 5) is 15.4. The van der Waals surface area contributed by atoms with E-state index in [-0.39, 0.29) is 17.1 Å². The fourth-order valence-electron chi connectivity index (χ4n) is 2.29. The Morgan fingerprint density at radius 1 is 1.26 bits per heavy atom. The van der Waals surface area contributed by atoms with Crippen molar-refractivity contribution >= 4 is 11.2 Å². The van der Waals surface area contributed by atoms with Crippen molar-refractivity contribution in [3.05, 3.63) is 36.0 Å². The molecule has 3 heterocycles. The van der Waals surface area contributed by atoms with Crippen molar-refractivity contribution in [2.24, 2.45) is 0 Å². The molecule has 0 radical (unpaired) electrons. The topological polar surface area (TPSA) is 80.3 Å². The number of alkyl halides is 3. The lowest BCUT2D eigenvalue weighted by Gasteiger charge is -2.11. The van der Waals surface area contributed by atoms with Crippen molar-refractivity contribution in [3.8, 4) is 17.5 Å². The maximum absolute atomic E-state index is 13.2. The Bertz CT molecular complexity index is 922. The average molecular weight is 318 g/mol. The molecule has 3 rings (SSSR count). The SMILES string of the molecule is CCn1c(-c2cncnc2C(F)(F)F)nc2ccc(C#N)nc21. The van der Waals surface area contributed by atoms with Crippen LogP contribution in [0.25, 0.3) is 22.6 Å². The summed E-state index contributed by atoms with van der Waals surface area (Å²) in [5.74, 6) is 0.0676. The van der Waals surface area contributed by atoms with E-state index in [2.05, 4.69) is 19.9 Å². The van der Waals surface area contributed by atoms with Crippen LogP contribution in [0.1, 0.15) is 18.3 Å². The summed E-state index contributed by atoms with van der Waals surface area (Å²) in [5, 5.41) is 8.92. The molecule has 3 aromatic rings. The highest BCUT2D eigenvalue weighted by Gasteiger charge is 2.37. The van der Waals surface area contributed by atoms with Crippen LogP contribution in [0.15, 0.2) is 24.7 Å². The first kappa shape index (κ1) is 14.9. The van der Waals surface area contributed by atoms with Crippen molar-refractivity contribution in [1.29, 1.82) is 5.26 Å². The van der Waals surface area contributed by atoms with Crippen LogP contribution >= 0.6 is 0 Å². The number of aryl methyl sites for hydroxylation is 1. The van der Waals surface area contributed by atoms with E-state index in [0.717, 1.165) is 12.5 Å². The van der Waals surface area contributed by atoms with E-state index in [0.29, 0.717) is 17.7 Å². The molecule has 0 fully saturated rings. The first-order chi connectivity index (χ1) is 11.0. The van der Waals surface area contributed by atoms with Crippen LogP contribution in [0.5, 0.6) is 0 Å². The minimum atomic E-state index is -4.62. The maximum atomic E-state index is 13.2. The number of hydrogen-bond acceptors (Lipinski definition) is 5. The molecule has 0 aliphatic rings. The Morgan fingerprint density at radius 2 is 2.04 bits per heavy atom. The molecular weight excluding hydrogens is 309 g/mol. The summed E-state index contributed by atoms with van der Waals surface area (Å²) in [5.41, 5.74) is -0.369. The zero-order chi connectivity index (χ0) is 16.6. The minimum Gasteiger partial charge on any atom is -0.309 e. The molecule has 0 saturated heterocycles. The third-order valence-electron chi connectivity index (χ3n) is 3.24. The molecule has 0 aliphatic carbocycles. The Hall–Kier alpha value is -3.02. The van der Waals surface area contributed by atoms with Crippen LogP contribution in [0, 0.1) is 11.3 Å². The van der Waals surface area contributed by atoms with Crippen LogP contribution in [0.2, 0.25) is 0 Å². The van der Waals surface area contributed by atoms with Crippen LogP contribution in [0.3, 0.4) is 0 Å². The van der Waals surface area contributed by atoms with E-state index in [1.54, 1.807) is 13.0 Å². The summed E-state index contributed by atoms with van der Waals surface area (Å²) < 4.78 is 41.0. The van der Waals surface area contributed by atoms with Gasteiger partial charge in [-0.25, -0.2) is 19.9 Å². The summed E-state index contributed by atoms with van der Waals surface area (Å²) in [6.45, 7) is 2.09. The van der Waals surface area contributed by atoms with Gasteiger partial charge in [0, 0.05) is 12.7 Å². The van der Waals surface area contributed by atoms with Gasteiger partial charge in [0.25, 0.3) is 0 Å². The summed E-state index contributed by atoms with van der Waals surface area (Å²) in [7, 11) is 0. The predicted molar refractivity (Wildman–Crippen MR) is 73.9 cm³/mol. The second kappa shape index (κ2) is 5.31. The number of pyridine rings is 1. The van der Waals surface area contributed by atoms with Crippen molar-refractivity contribution in [1.82, 2.24) is 24.5 Å². The van der Waals surface area contributed by atoms with Crippen molar-refractivity contribution < 1.29 is 13.2 Å². The minimum absolute atomic E-state index is 0.0676. The number of imidazole rings is 1. The zero-order valence-corrected chi connectivity index (χ0v) is 11.8. The van der Waals surface area contributed by atoms with Gasteiger partial charge in [-0.2, -0.15) is 18.4 Å². The predicted octanol–water partition coefficient (Wildman–Crippen LogP) is 2.80. The fourth-order valence-corrected chi connectivity index (χ4v) is 2.29. The van der Waals surface area contributed by atoms with E-state index >= 15 is 0 Å². The van der Waals surface area contributed by atoms with Crippen LogP contribution in [-0.4, -0.2) is 24.5 Å². The van der Waals surface area contributed by atoms with Crippen molar-refractivity contribution in [2.45, 2.75) is 19.6 Å². The van der Waals surface area contributed by atoms with Crippen molar-refractivity contribution in [3.63, 3.8) is 0 Å². The number of halogens is 3. The molecule has 9 heteroatoms. The Labute approximate surface area is 128 Å². The molecule has 0 aliphatic heterocycles. The molecule has 0 amide bonds. The summed E-state index contributed by atoms with van der Waals surface area (Å²) >= 11 is 0. The van der Waals surface area contributed by atoms with Crippen LogP contribution in [-0.2, 0) is 12.7 Å². The molecule has 6 nitrogen and oxygen atoms in total. The Morgan fingerprint density at radius 3 is 2.70 bits per heavy atom. The van der Waals surface area contributed by atoms with Gasteiger partial charge in [-0.3, -0.25) is 0 Å². The molecule has 0 atom stereocenters. The monoisotopic (exact) mass is 318 g/mol. The summed E-state index contributed by atoms with van der Waals surface area (Å²) in [6.07, 6.45) is -2.70. The molecule has 0 unspecified atom stereocenters. The number of nitriles is 1. The molecule has 0 N–H and O–H groups in total. The summed E-state index contributed by atoms with van der Waals surface area (Å²) in [6, 6.07) is 4.91. The normalized spacial score (nSPS) is 11.6. The van der Waals surface area contributed by atoms with E-state index in [1.165, 1.54) is 10.6 Å². The van der Waals surface area contributed by atoms with Gasteiger partial charge >= 0.3 is 6.18 Å². The van der Waals surface area contributed by atoms with E-state index in [4.69, 9.17) is 5.26 Å². The Balaban J connectivity index is 2.32. The molecule has 0 spiro atoms. The standard InChI is InChI=1S/C14H9F3N6/c1-2-23-12(9-6-19-7-20-11(9)14(15,16)17)22-10-4-3-8(5-18)21-13(10)23/h3-4,6-7H,2H2,1H3. The van der Waals surface area contributed by atoms with Gasteiger partial charge in [0.15, 0.2) is 11.3 Å². The van der Waals surface area contributed by atoms with Gasteiger partial charge < -0.3 is 4.57 Å². The Kier molecular flexibility index (Phi) is 3.44. The molecule has 116 valence electrons. The van der Waals surface area contributed by atoms with Crippen LogP contribution < -0.4 is 0 Å². The highest BCUT2D eigenvalue weighted by Crippen LogP contribution is 2.35. The smallest absolute Gasteiger partial charge is 0.309 e. The average Bonchev–Trinajstić information content (AvgIpc) is 2.91. The van der Waals surface area contributed by atoms with Gasteiger partial charge in [0.05, 0.1) is 5.56 Å². The second-order valence-corrected chi connectivity index (χ2v) is 4.61. The van der Waals surface area contributed by atoms with E-state index in [9.17, 15) is 13.2 Å². The van der Waals surface area contributed by atoms with Gasteiger partial charge in [0.2, 0.25) is 0 Å². The van der Waals surface area contributed by atoms with E-state index < -0.39 is 11.9 Å². The largest absolute Gasteiger partial charge is 0.434 e. The van der Waals surface area contributed by atoms with Gasteiger partial charge in [-0.05, 0) is 19.1 Å². The van der Waals surface area contributed by atoms with Crippen LogP contribution in [0.4, 0.5) is 13.2 Å². The number of rotatable bonds is 2. The molecular formula is C14H9F3N6. The number of aromatic nitrogens is 5. The van der Waals surface area contributed by atoms with Gasteiger partial charge in [-0.1, -0.05) is 0 Å². The molecule has 0 aromatic carbocycles. The maximum Gasteiger partial charge on any atom is 0.434 e. The van der Waals surface area contributed by atoms with Gasteiger partial charge in [0.1, 0.15) is 29.4 Å². The van der Waals surface area contributed by atoms with Gasteiger partial charge in [-0.15, -0.1) is 0 Å². The lowest BCUT2D eigenvalue weighted by Crippen LogP contribution is -2.12. The van der Waals surface area contributed by atoms with E-state index in [1.807, 2.05) is 6.07 Å². The lowest BCUT2D eigenvalue weighted by molar-refractivity contribution is -0.140. The first-order valence-electron chi connectivity index (χ1n) is 6.60. The quantitative estimate of drug-likeness (QED) is 0.726. The number of hydrogen-bond donors (Lipinski definition) is 0. The third kappa shape index (κ3) is 2.48.